The van der Waals surface area contributed by atoms with Crippen molar-refractivity contribution in [3.8, 4) is 11.5 Å². The van der Waals surface area contributed by atoms with Gasteiger partial charge in [-0.15, -0.1) is 0 Å². The molecule has 35 heavy (non-hydrogen) atoms. The van der Waals surface area contributed by atoms with Crippen molar-refractivity contribution in [2.75, 3.05) is 26.2 Å². The van der Waals surface area contributed by atoms with Crippen molar-refractivity contribution < 1.29 is 14.6 Å². The van der Waals surface area contributed by atoms with Gasteiger partial charge >= 0.3 is 0 Å². The predicted octanol–water partition coefficient (Wildman–Crippen LogP) is 5.83. The standard InChI is InChI=1S/C29H31ClN2O3/c1-2-34-23-11-12-28-26(19-23)24(25-5-3-15-31-27(25)20-35-28)6-4-16-32-17-13-29(33,14-18-32)21-7-9-22(30)10-8-21/h3,5-12,15,19,33H,2,4,13-14,16-18,20H2,1H3. The number of piperidine rings is 1. The molecule has 0 unspecified atom stereocenters. The number of pyridine rings is 1. The zero-order valence-electron chi connectivity index (χ0n) is 20.0. The summed E-state index contributed by atoms with van der Waals surface area (Å²) in [5, 5.41) is 11.9. The molecule has 0 aliphatic carbocycles. The SMILES string of the molecule is CCOc1ccc2c(c1)C(=CCCN1CCC(O)(c3ccc(Cl)cc3)CC1)c1cccnc1CO2. The van der Waals surface area contributed by atoms with Gasteiger partial charge in [0, 0.05) is 42.0 Å². The molecule has 2 aliphatic rings. The minimum Gasteiger partial charge on any atom is -0.494 e. The molecule has 0 spiro atoms. The fourth-order valence-electron chi connectivity index (χ4n) is 5.00. The molecule has 0 atom stereocenters. The Morgan fingerprint density at radius 1 is 1.11 bits per heavy atom. The smallest absolute Gasteiger partial charge is 0.131 e. The summed E-state index contributed by atoms with van der Waals surface area (Å²) < 4.78 is 11.9. The molecule has 2 aliphatic heterocycles. The van der Waals surface area contributed by atoms with Gasteiger partial charge in [0.1, 0.15) is 18.1 Å². The molecule has 3 aromatic rings. The number of halogens is 1. The van der Waals surface area contributed by atoms with Gasteiger partial charge in [0.05, 0.1) is 17.9 Å². The van der Waals surface area contributed by atoms with Gasteiger partial charge < -0.3 is 19.5 Å². The summed E-state index contributed by atoms with van der Waals surface area (Å²) in [5.74, 6) is 1.69. The molecular formula is C29H31ClN2O3. The third-order valence-electron chi connectivity index (χ3n) is 6.96. The second-order valence-electron chi connectivity index (χ2n) is 9.16. The van der Waals surface area contributed by atoms with Gasteiger partial charge in [-0.3, -0.25) is 4.98 Å². The number of rotatable bonds is 6. The lowest BCUT2D eigenvalue weighted by atomic mass is 9.84. The number of aromatic nitrogens is 1. The van der Waals surface area contributed by atoms with Crippen LogP contribution in [0, 0.1) is 0 Å². The van der Waals surface area contributed by atoms with E-state index >= 15 is 0 Å². The Morgan fingerprint density at radius 3 is 2.69 bits per heavy atom. The minimum absolute atomic E-state index is 0.448. The van der Waals surface area contributed by atoms with Gasteiger partial charge in [-0.05, 0) is 73.7 Å². The number of benzene rings is 2. The number of hydrogen-bond donors (Lipinski definition) is 1. The molecule has 5 nitrogen and oxygen atoms in total. The van der Waals surface area contributed by atoms with Gasteiger partial charge in [-0.25, -0.2) is 0 Å². The van der Waals surface area contributed by atoms with E-state index in [1.807, 2.05) is 55.6 Å². The number of likely N-dealkylation sites (tertiary alicyclic amines) is 1. The highest BCUT2D eigenvalue weighted by Gasteiger charge is 2.33. The van der Waals surface area contributed by atoms with E-state index in [9.17, 15) is 5.11 Å². The van der Waals surface area contributed by atoms with Crippen LogP contribution in [0.4, 0.5) is 0 Å². The molecule has 3 heterocycles. The van der Waals surface area contributed by atoms with Crippen molar-refractivity contribution in [1.82, 2.24) is 9.88 Å². The third kappa shape index (κ3) is 5.22. The van der Waals surface area contributed by atoms with Gasteiger partial charge in [-0.1, -0.05) is 35.9 Å². The number of nitrogens with zero attached hydrogens (tertiary/aromatic N) is 2. The average molecular weight is 491 g/mol. The highest BCUT2D eigenvalue weighted by atomic mass is 35.5. The zero-order chi connectivity index (χ0) is 24.3. The van der Waals surface area contributed by atoms with Gasteiger partial charge in [-0.2, -0.15) is 0 Å². The molecule has 2 aromatic carbocycles. The number of aliphatic hydroxyl groups is 1. The van der Waals surface area contributed by atoms with E-state index in [-0.39, 0.29) is 0 Å². The summed E-state index contributed by atoms with van der Waals surface area (Å²) in [7, 11) is 0. The van der Waals surface area contributed by atoms with Crippen LogP contribution < -0.4 is 9.47 Å². The number of hydrogen-bond acceptors (Lipinski definition) is 5. The first kappa shape index (κ1) is 23.9. The lowest BCUT2D eigenvalue weighted by Crippen LogP contribution is -2.42. The van der Waals surface area contributed by atoms with E-state index in [0.717, 1.165) is 65.5 Å². The molecule has 0 bridgehead atoms. The number of ether oxygens (including phenoxy) is 2. The summed E-state index contributed by atoms with van der Waals surface area (Å²) in [6, 6.07) is 17.7. The van der Waals surface area contributed by atoms with Crippen LogP contribution in [-0.4, -0.2) is 41.2 Å². The highest BCUT2D eigenvalue weighted by Crippen LogP contribution is 2.39. The maximum absolute atomic E-state index is 11.2. The Kier molecular flexibility index (Phi) is 7.09. The Bertz CT molecular complexity index is 1200. The summed E-state index contributed by atoms with van der Waals surface area (Å²) in [6.45, 7) is 5.70. The maximum atomic E-state index is 11.2. The molecule has 0 amide bonds. The van der Waals surface area contributed by atoms with Gasteiger partial charge in [0.15, 0.2) is 0 Å². The van der Waals surface area contributed by atoms with Crippen LogP contribution >= 0.6 is 11.6 Å². The van der Waals surface area contributed by atoms with Crippen LogP contribution in [0.3, 0.4) is 0 Å². The fourth-order valence-corrected chi connectivity index (χ4v) is 5.12. The Hall–Kier alpha value is -2.86. The van der Waals surface area contributed by atoms with Crippen molar-refractivity contribution in [2.24, 2.45) is 0 Å². The van der Waals surface area contributed by atoms with Crippen molar-refractivity contribution in [3.63, 3.8) is 0 Å². The average Bonchev–Trinajstić information content (AvgIpc) is 3.03. The number of fused-ring (bicyclic) bond motifs is 2. The summed E-state index contributed by atoms with van der Waals surface area (Å²) >= 11 is 6.02. The van der Waals surface area contributed by atoms with Crippen molar-refractivity contribution >= 4 is 17.2 Å². The van der Waals surface area contributed by atoms with Crippen LogP contribution in [0.15, 0.2) is 66.9 Å². The first-order valence-corrected chi connectivity index (χ1v) is 12.7. The molecule has 5 rings (SSSR count). The monoisotopic (exact) mass is 490 g/mol. The second-order valence-corrected chi connectivity index (χ2v) is 9.60. The highest BCUT2D eigenvalue weighted by molar-refractivity contribution is 6.30. The minimum atomic E-state index is -0.780. The van der Waals surface area contributed by atoms with Crippen LogP contribution in [0.2, 0.25) is 5.02 Å². The lowest BCUT2D eigenvalue weighted by molar-refractivity contribution is -0.0254. The van der Waals surface area contributed by atoms with E-state index < -0.39 is 5.60 Å². The summed E-state index contributed by atoms with van der Waals surface area (Å²) in [4.78, 5) is 7.00. The van der Waals surface area contributed by atoms with Crippen LogP contribution in [0.5, 0.6) is 11.5 Å². The first-order chi connectivity index (χ1) is 17.1. The summed E-state index contributed by atoms with van der Waals surface area (Å²) in [5.41, 5.74) is 4.40. The lowest BCUT2D eigenvalue weighted by Gasteiger charge is -2.38. The predicted molar refractivity (Wildman–Crippen MR) is 139 cm³/mol. The second kappa shape index (κ2) is 10.4. The van der Waals surface area contributed by atoms with E-state index in [2.05, 4.69) is 28.1 Å². The van der Waals surface area contributed by atoms with Crippen LogP contribution in [0.25, 0.3) is 5.57 Å². The normalized spacial score (nSPS) is 18.3. The van der Waals surface area contributed by atoms with Crippen molar-refractivity contribution in [1.29, 1.82) is 0 Å². The van der Waals surface area contributed by atoms with Gasteiger partial charge in [0.25, 0.3) is 0 Å². The van der Waals surface area contributed by atoms with Crippen molar-refractivity contribution in [3.05, 3.63) is 94.3 Å². The van der Waals surface area contributed by atoms with E-state index in [0.29, 0.717) is 31.1 Å². The molecule has 0 radical (unpaired) electrons. The van der Waals surface area contributed by atoms with Crippen LogP contribution in [0.1, 0.15) is 48.6 Å². The fraction of sp³-hybridized carbons (Fsp3) is 0.345. The largest absolute Gasteiger partial charge is 0.494 e. The van der Waals surface area contributed by atoms with E-state index in [1.54, 1.807) is 0 Å². The third-order valence-corrected chi connectivity index (χ3v) is 7.21. The molecule has 1 N–H and O–H groups in total. The maximum Gasteiger partial charge on any atom is 0.131 e. The van der Waals surface area contributed by atoms with E-state index in [4.69, 9.17) is 21.1 Å². The molecule has 182 valence electrons. The Labute approximate surface area is 212 Å². The molecule has 0 saturated carbocycles. The molecular weight excluding hydrogens is 460 g/mol. The molecule has 1 fully saturated rings. The summed E-state index contributed by atoms with van der Waals surface area (Å²) in [6.07, 6.45) is 6.43. The van der Waals surface area contributed by atoms with Crippen molar-refractivity contribution in [2.45, 2.75) is 38.4 Å². The molecule has 1 aromatic heterocycles. The zero-order valence-corrected chi connectivity index (χ0v) is 20.8. The Balaban J connectivity index is 1.32. The molecule has 6 heteroatoms. The first-order valence-electron chi connectivity index (χ1n) is 12.3. The van der Waals surface area contributed by atoms with E-state index in [1.165, 1.54) is 0 Å². The quantitative estimate of drug-likeness (QED) is 0.471. The Morgan fingerprint density at radius 2 is 1.91 bits per heavy atom. The van der Waals surface area contributed by atoms with Crippen LogP contribution in [-0.2, 0) is 12.2 Å². The molecule has 1 saturated heterocycles. The van der Waals surface area contributed by atoms with Gasteiger partial charge in [0.2, 0.25) is 0 Å². The topological polar surface area (TPSA) is 54.8 Å².